The number of hydrogen-bond acceptors (Lipinski definition) is 4. The Kier molecular flexibility index (Phi) is 3.64. The highest BCUT2D eigenvalue weighted by Crippen LogP contribution is 2.48. The number of nitro benzene ring substituents is 1. The molecule has 1 heterocycles. The molecule has 0 unspecified atom stereocenters. The maximum atomic E-state index is 12.9. The number of ketones is 1. The molecule has 1 aliphatic carbocycles. The molecule has 1 fully saturated rings. The van der Waals surface area contributed by atoms with E-state index in [1.165, 1.54) is 6.07 Å². The average molecular weight is 334 g/mol. The second-order valence-corrected chi connectivity index (χ2v) is 6.61. The van der Waals surface area contributed by atoms with Gasteiger partial charge in [0.1, 0.15) is 5.54 Å². The fraction of sp³-hybridized carbons (Fsp3) is 0.250. The number of nitrogens with zero attached hydrogens (tertiary/aromatic N) is 2. The first-order chi connectivity index (χ1) is 12.1. The van der Waals surface area contributed by atoms with E-state index in [1.807, 2.05) is 41.3 Å². The summed E-state index contributed by atoms with van der Waals surface area (Å²) in [4.78, 5) is 25.8. The normalized spacial score (nSPS) is 18.6. The molecule has 0 aromatic heterocycles. The topological polar surface area (TPSA) is 63.5 Å². The van der Waals surface area contributed by atoms with Crippen LogP contribution in [0, 0.1) is 10.1 Å². The highest BCUT2D eigenvalue weighted by molar-refractivity contribution is 6.14. The van der Waals surface area contributed by atoms with Crippen molar-refractivity contribution < 1.29 is 9.72 Å². The third-order valence-electron chi connectivity index (χ3n) is 5.19. The van der Waals surface area contributed by atoms with Gasteiger partial charge in [-0.15, -0.1) is 0 Å². The van der Waals surface area contributed by atoms with Crippen molar-refractivity contribution in [3.8, 4) is 0 Å². The van der Waals surface area contributed by atoms with Crippen LogP contribution in [0.15, 0.2) is 60.7 Å². The van der Waals surface area contributed by atoms with Crippen LogP contribution in [0.1, 0.15) is 31.2 Å². The zero-order valence-electron chi connectivity index (χ0n) is 13.7. The van der Waals surface area contributed by atoms with Gasteiger partial charge in [-0.3, -0.25) is 14.9 Å². The molecule has 4 rings (SSSR count). The lowest BCUT2D eigenvalue weighted by molar-refractivity contribution is -0.384. The Balaban J connectivity index is 1.87. The molecule has 126 valence electrons. The van der Waals surface area contributed by atoms with E-state index in [4.69, 9.17) is 0 Å². The Morgan fingerprint density at radius 1 is 1.00 bits per heavy atom. The summed E-state index contributed by atoms with van der Waals surface area (Å²) in [5.41, 5.74) is 1.93. The molecule has 5 heteroatoms. The minimum atomic E-state index is -0.597. The predicted octanol–water partition coefficient (Wildman–Crippen LogP) is 4.34. The Morgan fingerprint density at radius 2 is 1.72 bits per heavy atom. The van der Waals surface area contributed by atoms with Crippen molar-refractivity contribution >= 4 is 22.9 Å². The molecule has 0 saturated heterocycles. The highest BCUT2D eigenvalue weighted by Gasteiger charge is 2.51. The van der Waals surface area contributed by atoms with E-state index in [0.29, 0.717) is 5.69 Å². The maximum absolute atomic E-state index is 12.9. The van der Waals surface area contributed by atoms with E-state index in [2.05, 4.69) is 0 Å². The van der Waals surface area contributed by atoms with Gasteiger partial charge in [0, 0.05) is 23.9 Å². The van der Waals surface area contributed by atoms with Crippen LogP contribution in [-0.2, 0) is 4.79 Å². The van der Waals surface area contributed by atoms with Crippen LogP contribution >= 0.6 is 0 Å². The summed E-state index contributed by atoms with van der Waals surface area (Å²) in [6, 6.07) is 16.3. The van der Waals surface area contributed by atoms with Crippen molar-refractivity contribution in [2.45, 2.75) is 31.2 Å². The Hall–Kier alpha value is -2.95. The van der Waals surface area contributed by atoms with Crippen molar-refractivity contribution in [3.05, 3.63) is 76.4 Å². The van der Waals surface area contributed by atoms with Crippen LogP contribution in [0.2, 0.25) is 0 Å². The third-order valence-corrected chi connectivity index (χ3v) is 5.19. The van der Waals surface area contributed by atoms with Gasteiger partial charge < -0.3 is 4.90 Å². The van der Waals surface area contributed by atoms with Gasteiger partial charge in [0.2, 0.25) is 0 Å². The number of hydrogen-bond donors (Lipinski definition) is 0. The van der Waals surface area contributed by atoms with Gasteiger partial charge in [0.05, 0.1) is 10.6 Å². The number of nitro groups is 1. The first kappa shape index (κ1) is 15.6. The molecular formula is C20H18N2O3. The number of carbonyl (C=O) groups is 1. The van der Waals surface area contributed by atoms with Gasteiger partial charge in [0.25, 0.3) is 5.69 Å². The van der Waals surface area contributed by atoms with Gasteiger partial charge in [-0.05, 0) is 24.5 Å². The summed E-state index contributed by atoms with van der Waals surface area (Å²) in [5, 5.41) is 11.2. The van der Waals surface area contributed by atoms with Gasteiger partial charge in [-0.2, -0.15) is 0 Å². The van der Waals surface area contributed by atoms with Gasteiger partial charge in [0.15, 0.2) is 5.78 Å². The summed E-state index contributed by atoms with van der Waals surface area (Å²) < 4.78 is 0. The van der Waals surface area contributed by atoms with Crippen molar-refractivity contribution in [2.75, 3.05) is 4.90 Å². The van der Waals surface area contributed by atoms with E-state index in [-0.39, 0.29) is 11.5 Å². The van der Waals surface area contributed by atoms with Crippen LogP contribution in [0.25, 0.3) is 5.70 Å². The zero-order chi connectivity index (χ0) is 17.4. The Morgan fingerprint density at radius 3 is 2.40 bits per heavy atom. The maximum Gasteiger partial charge on any atom is 0.271 e. The van der Waals surface area contributed by atoms with Crippen LogP contribution < -0.4 is 4.90 Å². The number of benzene rings is 2. The Bertz CT molecular complexity index is 868. The molecule has 25 heavy (non-hydrogen) atoms. The van der Waals surface area contributed by atoms with Crippen LogP contribution in [-0.4, -0.2) is 16.2 Å². The number of carbonyl (C=O) groups excluding carboxylic acids is 1. The molecular weight excluding hydrogens is 316 g/mol. The summed E-state index contributed by atoms with van der Waals surface area (Å²) in [5.74, 6) is 0.107. The lowest BCUT2D eigenvalue weighted by Crippen LogP contribution is -2.47. The lowest BCUT2D eigenvalue weighted by atomic mass is 9.92. The molecule has 0 bridgehead atoms. The summed E-state index contributed by atoms with van der Waals surface area (Å²) in [7, 11) is 0. The van der Waals surface area contributed by atoms with Crippen LogP contribution in [0.3, 0.4) is 0 Å². The molecule has 0 N–H and O–H groups in total. The van der Waals surface area contributed by atoms with Crippen molar-refractivity contribution in [2.24, 2.45) is 0 Å². The molecule has 2 aromatic carbocycles. The van der Waals surface area contributed by atoms with E-state index in [0.717, 1.165) is 36.9 Å². The van der Waals surface area contributed by atoms with Crippen LogP contribution in [0.5, 0.6) is 0 Å². The Labute approximate surface area is 145 Å². The molecule has 2 aromatic rings. The fourth-order valence-corrected chi connectivity index (χ4v) is 4.05. The largest absolute Gasteiger partial charge is 0.327 e. The first-order valence-corrected chi connectivity index (χ1v) is 8.48. The molecule has 5 nitrogen and oxygen atoms in total. The van der Waals surface area contributed by atoms with E-state index in [9.17, 15) is 14.9 Å². The zero-order valence-corrected chi connectivity index (χ0v) is 13.7. The number of anilines is 1. The summed E-state index contributed by atoms with van der Waals surface area (Å²) >= 11 is 0. The SMILES string of the molecule is O=C1C=C(c2ccccc2)N(c2cccc([N+](=O)[O-])c2)C12CCCC2. The third kappa shape index (κ3) is 2.43. The molecule has 0 atom stereocenters. The summed E-state index contributed by atoms with van der Waals surface area (Å²) in [6.07, 6.45) is 5.25. The second-order valence-electron chi connectivity index (χ2n) is 6.61. The molecule has 2 aliphatic rings. The van der Waals surface area contributed by atoms with E-state index in [1.54, 1.807) is 18.2 Å². The smallest absolute Gasteiger partial charge is 0.271 e. The standard InChI is InChI=1S/C20H18N2O3/c23-19-14-18(15-7-2-1-3-8-15)21(20(19)11-4-5-12-20)16-9-6-10-17(13-16)22(24)25/h1-3,6-10,13-14H,4-5,11-12H2. The predicted molar refractivity (Wildman–Crippen MR) is 96.2 cm³/mol. The van der Waals surface area contributed by atoms with E-state index < -0.39 is 10.5 Å². The molecule has 0 radical (unpaired) electrons. The molecule has 1 saturated carbocycles. The summed E-state index contributed by atoms with van der Waals surface area (Å²) in [6.45, 7) is 0. The fourth-order valence-electron chi connectivity index (χ4n) is 4.05. The molecule has 1 aliphatic heterocycles. The minimum Gasteiger partial charge on any atom is -0.327 e. The average Bonchev–Trinajstić information content (AvgIpc) is 3.23. The van der Waals surface area contributed by atoms with Gasteiger partial charge in [-0.1, -0.05) is 49.2 Å². The monoisotopic (exact) mass is 334 g/mol. The van der Waals surface area contributed by atoms with Crippen LogP contribution in [0.4, 0.5) is 11.4 Å². The first-order valence-electron chi connectivity index (χ1n) is 8.48. The second kappa shape index (κ2) is 5.84. The highest BCUT2D eigenvalue weighted by atomic mass is 16.6. The number of non-ortho nitro benzene ring substituents is 1. The quantitative estimate of drug-likeness (QED) is 0.619. The lowest BCUT2D eigenvalue weighted by Gasteiger charge is -2.37. The van der Waals surface area contributed by atoms with Gasteiger partial charge >= 0.3 is 0 Å². The van der Waals surface area contributed by atoms with Gasteiger partial charge in [-0.25, -0.2) is 0 Å². The minimum absolute atomic E-state index is 0.0393. The van der Waals surface area contributed by atoms with Crippen molar-refractivity contribution in [1.82, 2.24) is 0 Å². The number of rotatable bonds is 3. The van der Waals surface area contributed by atoms with E-state index >= 15 is 0 Å². The van der Waals surface area contributed by atoms with Crippen molar-refractivity contribution in [1.29, 1.82) is 0 Å². The molecule has 1 spiro atoms. The molecule has 0 amide bonds. The van der Waals surface area contributed by atoms with Crippen molar-refractivity contribution in [3.63, 3.8) is 0 Å².